The molecule has 0 aliphatic heterocycles. The predicted molar refractivity (Wildman–Crippen MR) is 106 cm³/mol. The summed E-state index contributed by atoms with van der Waals surface area (Å²) in [6.07, 6.45) is 1.13. The fourth-order valence-electron chi connectivity index (χ4n) is 3.14. The molecule has 0 bridgehead atoms. The molecule has 0 radical (unpaired) electrons. The summed E-state index contributed by atoms with van der Waals surface area (Å²) in [5.41, 5.74) is 2.67. The molecule has 26 heavy (non-hydrogen) atoms. The zero-order valence-electron chi connectivity index (χ0n) is 16.0. The van der Waals surface area contributed by atoms with Gasteiger partial charge in [0.2, 0.25) is 5.91 Å². The number of benzene rings is 1. The number of rotatable bonds is 8. The third-order valence-corrected chi connectivity index (χ3v) is 5.70. The molecule has 1 aromatic heterocycles. The minimum atomic E-state index is 0.0554. The summed E-state index contributed by atoms with van der Waals surface area (Å²) in [6.45, 7) is 9.95. The Morgan fingerprint density at radius 3 is 2.65 bits per heavy atom. The Morgan fingerprint density at radius 1 is 1.27 bits per heavy atom. The van der Waals surface area contributed by atoms with Crippen LogP contribution in [0, 0.1) is 12.8 Å². The Hall–Kier alpha value is -1.82. The summed E-state index contributed by atoms with van der Waals surface area (Å²) in [5.74, 6) is 2.94. The summed E-state index contributed by atoms with van der Waals surface area (Å²) in [6, 6.07) is 8.79. The lowest BCUT2D eigenvalue weighted by atomic mass is 10.1. The normalized spacial score (nSPS) is 19.0. The first kappa shape index (κ1) is 19.0. The van der Waals surface area contributed by atoms with Gasteiger partial charge in [-0.05, 0) is 37.7 Å². The van der Waals surface area contributed by atoms with E-state index < -0.39 is 0 Å². The number of amides is 1. The van der Waals surface area contributed by atoms with Crippen molar-refractivity contribution in [3.8, 4) is 0 Å². The van der Waals surface area contributed by atoms with E-state index in [1.807, 2.05) is 0 Å². The maximum atomic E-state index is 11.9. The van der Waals surface area contributed by atoms with Crippen molar-refractivity contribution in [3.05, 3.63) is 41.2 Å². The van der Waals surface area contributed by atoms with Crippen LogP contribution in [0.5, 0.6) is 0 Å². The van der Waals surface area contributed by atoms with Crippen LogP contribution in [0.25, 0.3) is 0 Å². The van der Waals surface area contributed by atoms with E-state index in [1.54, 1.807) is 0 Å². The van der Waals surface area contributed by atoms with Gasteiger partial charge in [0, 0.05) is 19.0 Å². The second-order valence-electron chi connectivity index (χ2n) is 7.43. The molecule has 140 valence electrons. The Kier molecular flexibility index (Phi) is 6.01. The number of nitrogens with zero attached hydrogens (tertiary/aromatic N) is 3. The lowest BCUT2D eigenvalue weighted by Gasteiger charge is -2.09. The second-order valence-corrected chi connectivity index (χ2v) is 8.37. The molecular formula is C20H28N4OS. The van der Waals surface area contributed by atoms with Crippen molar-refractivity contribution in [2.75, 3.05) is 12.3 Å². The number of nitrogens with one attached hydrogen (secondary N) is 1. The summed E-state index contributed by atoms with van der Waals surface area (Å²) in [4.78, 5) is 11.9. The van der Waals surface area contributed by atoms with Crippen LogP contribution in [0.2, 0.25) is 0 Å². The van der Waals surface area contributed by atoms with E-state index >= 15 is 0 Å². The minimum Gasteiger partial charge on any atom is -0.355 e. The average molecular weight is 373 g/mol. The highest BCUT2D eigenvalue weighted by Crippen LogP contribution is 2.54. The van der Waals surface area contributed by atoms with Gasteiger partial charge in [-0.25, -0.2) is 0 Å². The van der Waals surface area contributed by atoms with Crippen LogP contribution >= 0.6 is 11.8 Å². The fourth-order valence-corrected chi connectivity index (χ4v) is 3.98. The Labute approximate surface area is 160 Å². The summed E-state index contributed by atoms with van der Waals surface area (Å²) in [7, 11) is 0. The largest absolute Gasteiger partial charge is 0.355 e. The van der Waals surface area contributed by atoms with Gasteiger partial charge in [0.1, 0.15) is 5.82 Å². The van der Waals surface area contributed by atoms with Gasteiger partial charge in [-0.15, -0.1) is 10.2 Å². The maximum absolute atomic E-state index is 11.9. The molecule has 1 amide bonds. The minimum absolute atomic E-state index is 0.0554. The molecule has 2 aromatic rings. The van der Waals surface area contributed by atoms with Gasteiger partial charge >= 0.3 is 0 Å². The van der Waals surface area contributed by atoms with Gasteiger partial charge in [-0.3, -0.25) is 4.79 Å². The topological polar surface area (TPSA) is 59.8 Å². The molecular weight excluding hydrogens is 344 g/mol. The third kappa shape index (κ3) is 4.47. The van der Waals surface area contributed by atoms with Crippen molar-refractivity contribution in [2.24, 2.45) is 5.92 Å². The van der Waals surface area contributed by atoms with Crippen LogP contribution < -0.4 is 5.32 Å². The van der Waals surface area contributed by atoms with Crippen molar-refractivity contribution in [1.82, 2.24) is 20.1 Å². The van der Waals surface area contributed by atoms with Crippen molar-refractivity contribution in [1.29, 1.82) is 0 Å². The fraction of sp³-hybridized carbons (Fsp3) is 0.550. The Bertz CT molecular complexity index is 754. The molecule has 2 atom stereocenters. The predicted octanol–water partition coefficient (Wildman–Crippen LogP) is 3.74. The lowest BCUT2D eigenvalue weighted by Crippen LogP contribution is -2.28. The van der Waals surface area contributed by atoms with Crippen LogP contribution in [0.3, 0.4) is 0 Å². The maximum Gasteiger partial charge on any atom is 0.230 e. The van der Waals surface area contributed by atoms with Crippen molar-refractivity contribution in [2.45, 2.75) is 57.7 Å². The average Bonchev–Trinajstić information content (AvgIpc) is 3.30. The van der Waals surface area contributed by atoms with E-state index in [2.05, 4.69) is 72.0 Å². The number of carbonyl (C=O) groups is 1. The van der Waals surface area contributed by atoms with Crippen LogP contribution in [-0.2, 0) is 11.3 Å². The molecule has 0 saturated heterocycles. The first-order valence-electron chi connectivity index (χ1n) is 9.38. The molecule has 1 fully saturated rings. The van der Waals surface area contributed by atoms with Gasteiger partial charge in [0.05, 0.1) is 5.75 Å². The number of hydrogen-bond acceptors (Lipinski definition) is 4. The molecule has 1 aliphatic rings. The van der Waals surface area contributed by atoms with Crippen molar-refractivity contribution < 1.29 is 4.79 Å². The van der Waals surface area contributed by atoms with Crippen LogP contribution in [0.15, 0.2) is 29.4 Å². The number of aromatic nitrogens is 3. The lowest BCUT2D eigenvalue weighted by molar-refractivity contribution is -0.118. The molecule has 0 unspecified atom stereocenters. The molecule has 0 spiro atoms. The smallest absolute Gasteiger partial charge is 0.230 e. The molecule has 1 saturated carbocycles. The molecule has 1 N–H and O–H groups in total. The summed E-state index contributed by atoms with van der Waals surface area (Å²) >= 11 is 1.47. The molecule has 1 heterocycles. The standard InChI is InChI=1S/C20H28N4OS/c1-5-24-19(17-10-16(17)15-8-6-14(4)7-9-15)22-23-20(24)26-12-18(25)21-11-13(2)3/h6-9,13,16-17H,5,10-12H2,1-4H3,(H,21,25)/t16-,17+/m0/s1. The van der Waals surface area contributed by atoms with Gasteiger partial charge < -0.3 is 9.88 Å². The zero-order chi connectivity index (χ0) is 18.7. The number of carbonyl (C=O) groups excluding carboxylic acids is 1. The van der Waals surface area contributed by atoms with Gasteiger partial charge in [0.15, 0.2) is 5.16 Å². The van der Waals surface area contributed by atoms with Crippen molar-refractivity contribution >= 4 is 17.7 Å². The van der Waals surface area contributed by atoms with E-state index in [4.69, 9.17) is 0 Å². The molecule has 6 heteroatoms. The van der Waals surface area contributed by atoms with Gasteiger partial charge in [0.25, 0.3) is 0 Å². The highest BCUT2D eigenvalue weighted by molar-refractivity contribution is 7.99. The van der Waals surface area contributed by atoms with Crippen LogP contribution in [0.4, 0.5) is 0 Å². The monoisotopic (exact) mass is 372 g/mol. The molecule has 1 aromatic carbocycles. The highest BCUT2D eigenvalue weighted by atomic mass is 32.2. The zero-order valence-corrected chi connectivity index (χ0v) is 16.8. The number of thioether (sulfide) groups is 1. The number of aryl methyl sites for hydroxylation is 1. The van der Waals surface area contributed by atoms with Gasteiger partial charge in [-0.2, -0.15) is 0 Å². The van der Waals surface area contributed by atoms with E-state index in [0.717, 1.165) is 23.9 Å². The van der Waals surface area contributed by atoms with E-state index in [1.165, 1.54) is 22.9 Å². The molecule has 3 rings (SSSR count). The first-order chi connectivity index (χ1) is 12.5. The number of hydrogen-bond donors (Lipinski definition) is 1. The summed E-state index contributed by atoms with van der Waals surface area (Å²) in [5, 5.41) is 12.6. The SMILES string of the molecule is CCn1c(SCC(=O)NCC(C)C)nnc1[C@@H]1C[C@H]1c1ccc(C)cc1. The Morgan fingerprint density at radius 2 is 2.00 bits per heavy atom. The van der Waals surface area contributed by atoms with Gasteiger partial charge in [-0.1, -0.05) is 55.4 Å². The highest BCUT2D eigenvalue weighted by Gasteiger charge is 2.43. The molecule has 1 aliphatic carbocycles. The quantitative estimate of drug-likeness (QED) is 0.717. The molecule has 5 nitrogen and oxygen atoms in total. The first-order valence-corrected chi connectivity index (χ1v) is 10.4. The second kappa shape index (κ2) is 8.25. The Balaban J connectivity index is 1.62. The summed E-state index contributed by atoms with van der Waals surface area (Å²) < 4.78 is 2.17. The van der Waals surface area contributed by atoms with E-state index in [0.29, 0.717) is 30.1 Å². The van der Waals surface area contributed by atoms with E-state index in [9.17, 15) is 4.79 Å². The van der Waals surface area contributed by atoms with Crippen molar-refractivity contribution in [3.63, 3.8) is 0 Å². The van der Waals surface area contributed by atoms with Crippen LogP contribution in [0.1, 0.15) is 56.0 Å². The van der Waals surface area contributed by atoms with Crippen LogP contribution in [-0.4, -0.2) is 33.0 Å². The third-order valence-electron chi connectivity index (χ3n) is 4.73. The van der Waals surface area contributed by atoms with E-state index in [-0.39, 0.29) is 5.91 Å².